The van der Waals surface area contributed by atoms with E-state index in [1.165, 1.54) is 0 Å². The van der Waals surface area contributed by atoms with Gasteiger partial charge in [-0.1, -0.05) is 12.1 Å². The number of carbonyl (C=O) groups is 2. The number of benzene rings is 1. The van der Waals surface area contributed by atoms with E-state index < -0.39 is 11.9 Å². The Morgan fingerprint density at radius 3 is 2.76 bits per heavy atom. The van der Waals surface area contributed by atoms with E-state index >= 15 is 0 Å². The lowest BCUT2D eigenvalue weighted by atomic mass is 10.2. The van der Waals surface area contributed by atoms with Gasteiger partial charge in [0, 0.05) is 0 Å². The Morgan fingerprint density at radius 2 is 2.10 bits per heavy atom. The molecule has 0 saturated heterocycles. The Balaban J connectivity index is 2.29. The molecule has 1 aromatic carbocycles. The molecule has 21 heavy (non-hydrogen) atoms. The van der Waals surface area contributed by atoms with Gasteiger partial charge in [0.05, 0.1) is 17.9 Å². The molecule has 0 radical (unpaired) electrons. The van der Waals surface area contributed by atoms with Crippen LogP contribution in [0.25, 0.3) is 0 Å². The molecule has 0 aliphatic carbocycles. The number of carbonyl (C=O) groups excluding carboxylic acids is 1. The zero-order chi connectivity index (χ0) is 15.4. The van der Waals surface area contributed by atoms with E-state index in [0.29, 0.717) is 23.6 Å². The Kier molecular flexibility index (Phi) is 4.54. The van der Waals surface area contributed by atoms with Gasteiger partial charge in [-0.05, 0) is 37.5 Å². The number of aryl methyl sites for hydroxylation is 1. The number of nitrogens with zero attached hydrogens (tertiary/aromatic N) is 1. The monoisotopic (exact) mass is 306 g/mol. The molecule has 0 aliphatic rings. The first-order valence-corrected chi connectivity index (χ1v) is 7.04. The highest BCUT2D eigenvalue weighted by Crippen LogP contribution is 2.26. The highest BCUT2D eigenvalue weighted by atomic mass is 32.1. The molecule has 1 heterocycles. The van der Waals surface area contributed by atoms with Crippen LogP contribution in [0.1, 0.15) is 33.3 Å². The van der Waals surface area contributed by atoms with Crippen LogP contribution >= 0.6 is 11.5 Å². The lowest BCUT2D eigenvalue weighted by Crippen LogP contribution is -2.15. The maximum absolute atomic E-state index is 12.3. The van der Waals surface area contributed by atoms with Crippen LogP contribution in [0.4, 0.5) is 5.00 Å². The molecule has 6 nitrogen and oxygen atoms in total. The summed E-state index contributed by atoms with van der Waals surface area (Å²) in [6, 6.07) is 6.79. The molecule has 110 valence electrons. The molecule has 2 N–H and O–H groups in total. The van der Waals surface area contributed by atoms with Crippen molar-refractivity contribution in [3.05, 3.63) is 41.1 Å². The number of carboxylic acid groups (broad SMARTS) is 1. The summed E-state index contributed by atoms with van der Waals surface area (Å²) in [6.45, 7) is 3.85. The Morgan fingerprint density at radius 1 is 1.38 bits per heavy atom. The van der Waals surface area contributed by atoms with E-state index in [-0.39, 0.29) is 10.6 Å². The highest BCUT2D eigenvalue weighted by molar-refractivity contribution is 7.11. The molecule has 2 aromatic rings. The topological polar surface area (TPSA) is 88.5 Å². The standard InChI is InChI=1S/C14H14N2O4S/c1-3-20-10-7-5-4-6-9(10)12(17)15-13-11(14(18)19)8(2)16-21-13/h4-7H,3H2,1-2H3,(H,15,17)(H,18,19). The lowest BCUT2D eigenvalue weighted by molar-refractivity contribution is 0.0697. The molecule has 0 atom stereocenters. The van der Waals surface area contributed by atoms with Gasteiger partial charge in [0.2, 0.25) is 0 Å². The summed E-state index contributed by atoms with van der Waals surface area (Å²) in [4.78, 5) is 23.5. The van der Waals surface area contributed by atoms with Crippen LogP contribution < -0.4 is 10.1 Å². The minimum Gasteiger partial charge on any atom is -0.493 e. The SMILES string of the molecule is CCOc1ccccc1C(=O)Nc1snc(C)c1C(=O)O. The Bertz CT molecular complexity index is 681. The third kappa shape index (κ3) is 3.19. The molecular formula is C14H14N2O4S. The number of para-hydroxylation sites is 1. The third-order valence-corrected chi connectivity index (χ3v) is 3.59. The van der Waals surface area contributed by atoms with Crippen molar-refractivity contribution in [2.45, 2.75) is 13.8 Å². The largest absolute Gasteiger partial charge is 0.493 e. The molecule has 0 fully saturated rings. The van der Waals surface area contributed by atoms with Gasteiger partial charge in [-0.25, -0.2) is 4.79 Å². The quantitative estimate of drug-likeness (QED) is 0.886. The Hall–Kier alpha value is -2.41. The van der Waals surface area contributed by atoms with E-state index in [0.717, 1.165) is 11.5 Å². The first kappa shape index (κ1) is 15.0. The van der Waals surface area contributed by atoms with E-state index in [4.69, 9.17) is 9.84 Å². The molecule has 0 bridgehead atoms. The number of aromatic carboxylic acids is 1. The molecule has 0 saturated carbocycles. The average Bonchev–Trinajstić information content (AvgIpc) is 2.80. The summed E-state index contributed by atoms with van der Waals surface area (Å²) in [5.74, 6) is -1.09. The van der Waals surface area contributed by atoms with E-state index in [2.05, 4.69) is 9.69 Å². The first-order valence-electron chi connectivity index (χ1n) is 6.27. The second-order valence-corrected chi connectivity index (χ2v) is 4.93. The summed E-state index contributed by atoms with van der Waals surface area (Å²) >= 11 is 0.943. The van der Waals surface area contributed by atoms with Crippen LogP contribution in [0.15, 0.2) is 24.3 Å². The summed E-state index contributed by atoms with van der Waals surface area (Å²) < 4.78 is 9.35. The summed E-state index contributed by atoms with van der Waals surface area (Å²) in [7, 11) is 0. The average molecular weight is 306 g/mol. The van der Waals surface area contributed by atoms with Gasteiger partial charge in [0.1, 0.15) is 16.3 Å². The highest BCUT2D eigenvalue weighted by Gasteiger charge is 2.21. The molecule has 2 rings (SSSR count). The van der Waals surface area contributed by atoms with Crippen LogP contribution in [-0.2, 0) is 0 Å². The number of ether oxygens (including phenoxy) is 1. The number of hydrogen-bond donors (Lipinski definition) is 2. The van der Waals surface area contributed by atoms with Crippen molar-refractivity contribution < 1.29 is 19.4 Å². The van der Waals surface area contributed by atoms with Crippen molar-refractivity contribution in [1.82, 2.24) is 4.37 Å². The van der Waals surface area contributed by atoms with Crippen molar-refractivity contribution in [3.8, 4) is 5.75 Å². The van der Waals surface area contributed by atoms with Gasteiger partial charge in [-0.3, -0.25) is 4.79 Å². The molecule has 1 aromatic heterocycles. The zero-order valence-electron chi connectivity index (χ0n) is 11.5. The fraction of sp³-hybridized carbons (Fsp3) is 0.214. The molecule has 0 unspecified atom stereocenters. The maximum Gasteiger partial charge on any atom is 0.340 e. The summed E-state index contributed by atoms with van der Waals surface area (Å²) in [5, 5.41) is 12.0. The zero-order valence-corrected chi connectivity index (χ0v) is 12.4. The minimum atomic E-state index is -1.12. The molecular weight excluding hydrogens is 292 g/mol. The van der Waals surface area contributed by atoms with Gasteiger partial charge in [0.15, 0.2) is 0 Å². The van der Waals surface area contributed by atoms with E-state index in [9.17, 15) is 9.59 Å². The van der Waals surface area contributed by atoms with Crippen LogP contribution in [0.5, 0.6) is 5.75 Å². The number of rotatable bonds is 5. The number of hydrogen-bond acceptors (Lipinski definition) is 5. The van der Waals surface area contributed by atoms with E-state index in [1.807, 2.05) is 6.92 Å². The van der Waals surface area contributed by atoms with Crippen molar-refractivity contribution >= 4 is 28.4 Å². The minimum absolute atomic E-state index is 0.0160. The van der Waals surface area contributed by atoms with Crippen LogP contribution in [0, 0.1) is 6.92 Å². The van der Waals surface area contributed by atoms with Gasteiger partial charge in [-0.15, -0.1) is 0 Å². The normalized spacial score (nSPS) is 10.2. The summed E-state index contributed by atoms with van der Waals surface area (Å²) in [6.07, 6.45) is 0. The number of anilines is 1. The van der Waals surface area contributed by atoms with Gasteiger partial charge >= 0.3 is 5.97 Å². The predicted octanol–water partition coefficient (Wildman–Crippen LogP) is 2.80. The Labute approximate surface area is 125 Å². The number of amides is 1. The third-order valence-electron chi connectivity index (χ3n) is 2.74. The number of carboxylic acids is 1. The lowest BCUT2D eigenvalue weighted by Gasteiger charge is -2.09. The molecule has 7 heteroatoms. The first-order chi connectivity index (χ1) is 10.0. The molecule has 1 amide bonds. The molecule has 0 aliphatic heterocycles. The van der Waals surface area contributed by atoms with Crippen molar-refractivity contribution in [2.24, 2.45) is 0 Å². The van der Waals surface area contributed by atoms with Gasteiger partial charge in [0.25, 0.3) is 5.91 Å². The maximum atomic E-state index is 12.3. The smallest absolute Gasteiger partial charge is 0.340 e. The second kappa shape index (κ2) is 6.36. The van der Waals surface area contributed by atoms with Gasteiger partial charge < -0.3 is 15.2 Å². The van der Waals surface area contributed by atoms with Crippen LogP contribution in [0.3, 0.4) is 0 Å². The van der Waals surface area contributed by atoms with E-state index in [1.54, 1.807) is 31.2 Å². The predicted molar refractivity (Wildman–Crippen MR) is 79.4 cm³/mol. The fourth-order valence-electron chi connectivity index (χ4n) is 1.81. The number of nitrogens with one attached hydrogen (secondary N) is 1. The second-order valence-electron chi connectivity index (χ2n) is 4.16. The van der Waals surface area contributed by atoms with Crippen molar-refractivity contribution in [3.63, 3.8) is 0 Å². The summed E-state index contributed by atoms with van der Waals surface area (Å²) in [5.41, 5.74) is 0.741. The van der Waals surface area contributed by atoms with Crippen LogP contribution in [0.2, 0.25) is 0 Å². The van der Waals surface area contributed by atoms with Crippen molar-refractivity contribution in [1.29, 1.82) is 0 Å². The van der Waals surface area contributed by atoms with Crippen LogP contribution in [-0.4, -0.2) is 28.0 Å². The van der Waals surface area contributed by atoms with Gasteiger partial charge in [-0.2, -0.15) is 4.37 Å². The van der Waals surface area contributed by atoms with Crippen molar-refractivity contribution in [2.75, 3.05) is 11.9 Å². The fourth-order valence-corrected chi connectivity index (χ4v) is 2.60. The number of aromatic nitrogens is 1. The molecule has 0 spiro atoms.